The average molecular weight is 378 g/mol. The minimum Gasteiger partial charge on any atom is -0.508 e. The summed E-state index contributed by atoms with van der Waals surface area (Å²) in [7, 11) is 0. The molecule has 0 fully saturated rings. The van der Waals surface area contributed by atoms with Crippen molar-refractivity contribution in [1.29, 1.82) is 0 Å². The molecule has 3 rings (SSSR count). The molecule has 0 bridgehead atoms. The lowest BCUT2D eigenvalue weighted by Gasteiger charge is -2.18. The van der Waals surface area contributed by atoms with E-state index in [0.717, 1.165) is 33.4 Å². The van der Waals surface area contributed by atoms with Gasteiger partial charge in [0.15, 0.2) is 0 Å². The van der Waals surface area contributed by atoms with Gasteiger partial charge in [0.2, 0.25) is 0 Å². The standard InChI is InChI=1S/C24H26O4/c1-3-27-15-19-13-24(18-7-11-22(26)12-8-18)20(16-28-4-2)14-23(19)17-5-9-21(25)10-6-17/h5-14,25-26H,3-4,15-16H2,1-2H3. The summed E-state index contributed by atoms with van der Waals surface area (Å²) < 4.78 is 11.4. The predicted octanol–water partition coefficient (Wildman–Crippen LogP) is 5.50. The Morgan fingerprint density at radius 3 is 1.29 bits per heavy atom. The molecule has 0 saturated heterocycles. The molecule has 146 valence electrons. The van der Waals surface area contributed by atoms with E-state index in [2.05, 4.69) is 12.1 Å². The molecule has 2 N–H and O–H groups in total. The lowest BCUT2D eigenvalue weighted by Crippen LogP contribution is -2.01. The van der Waals surface area contributed by atoms with E-state index < -0.39 is 0 Å². The monoisotopic (exact) mass is 378 g/mol. The van der Waals surface area contributed by atoms with Gasteiger partial charge in [0.1, 0.15) is 11.5 Å². The number of phenols is 2. The Morgan fingerprint density at radius 2 is 0.964 bits per heavy atom. The number of phenolic OH excluding ortho intramolecular Hbond substituents is 2. The van der Waals surface area contributed by atoms with Gasteiger partial charge in [-0.05, 0) is 83.6 Å². The second kappa shape index (κ2) is 9.40. The zero-order valence-corrected chi connectivity index (χ0v) is 16.3. The lowest BCUT2D eigenvalue weighted by molar-refractivity contribution is 0.132. The van der Waals surface area contributed by atoms with Crippen molar-refractivity contribution in [3.8, 4) is 33.8 Å². The van der Waals surface area contributed by atoms with E-state index >= 15 is 0 Å². The Labute approximate surface area is 166 Å². The first-order valence-corrected chi connectivity index (χ1v) is 9.52. The van der Waals surface area contributed by atoms with Crippen molar-refractivity contribution in [3.63, 3.8) is 0 Å². The van der Waals surface area contributed by atoms with Gasteiger partial charge >= 0.3 is 0 Å². The lowest BCUT2D eigenvalue weighted by atomic mass is 9.91. The molecule has 0 aliphatic heterocycles. The number of hydrogen-bond acceptors (Lipinski definition) is 4. The summed E-state index contributed by atoms with van der Waals surface area (Å²) in [5.41, 5.74) is 6.29. The number of benzene rings is 3. The average Bonchev–Trinajstić information content (AvgIpc) is 2.72. The van der Waals surface area contributed by atoms with E-state index in [-0.39, 0.29) is 11.5 Å². The largest absolute Gasteiger partial charge is 0.508 e. The molecular weight excluding hydrogens is 352 g/mol. The van der Waals surface area contributed by atoms with Crippen molar-refractivity contribution in [3.05, 3.63) is 71.8 Å². The molecule has 0 saturated carbocycles. The first-order valence-electron chi connectivity index (χ1n) is 9.52. The topological polar surface area (TPSA) is 58.9 Å². The highest BCUT2D eigenvalue weighted by Crippen LogP contribution is 2.34. The summed E-state index contributed by atoms with van der Waals surface area (Å²) in [6, 6.07) is 18.7. The minimum absolute atomic E-state index is 0.241. The van der Waals surface area contributed by atoms with E-state index in [1.165, 1.54) is 0 Å². The van der Waals surface area contributed by atoms with Crippen LogP contribution in [0.5, 0.6) is 11.5 Å². The second-order valence-electron chi connectivity index (χ2n) is 6.53. The van der Waals surface area contributed by atoms with Crippen molar-refractivity contribution in [1.82, 2.24) is 0 Å². The summed E-state index contributed by atoms with van der Waals surface area (Å²) >= 11 is 0. The number of hydrogen-bond donors (Lipinski definition) is 2. The van der Waals surface area contributed by atoms with Crippen molar-refractivity contribution < 1.29 is 19.7 Å². The molecule has 4 nitrogen and oxygen atoms in total. The van der Waals surface area contributed by atoms with Crippen LogP contribution in [0, 0.1) is 0 Å². The third-order valence-corrected chi connectivity index (χ3v) is 4.61. The third kappa shape index (κ3) is 4.71. The van der Waals surface area contributed by atoms with E-state index in [4.69, 9.17) is 9.47 Å². The summed E-state index contributed by atoms with van der Waals surface area (Å²) in [5, 5.41) is 19.3. The second-order valence-corrected chi connectivity index (χ2v) is 6.53. The molecule has 0 heterocycles. The van der Waals surface area contributed by atoms with Crippen LogP contribution in [0.1, 0.15) is 25.0 Å². The van der Waals surface area contributed by atoms with Crippen molar-refractivity contribution in [2.45, 2.75) is 27.1 Å². The van der Waals surface area contributed by atoms with Crippen LogP contribution < -0.4 is 0 Å². The molecule has 3 aromatic carbocycles. The fraction of sp³-hybridized carbons (Fsp3) is 0.250. The molecule has 0 amide bonds. The maximum atomic E-state index is 9.64. The van der Waals surface area contributed by atoms with E-state index in [1.807, 2.05) is 38.1 Å². The molecule has 0 unspecified atom stereocenters. The highest BCUT2D eigenvalue weighted by molar-refractivity contribution is 5.77. The van der Waals surface area contributed by atoms with E-state index in [9.17, 15) is 10.2 Å². The van der Waals surface area contributed by atoms with Crippen LogP contribution >= 0.6 is 0 Å². The van der Waals surface area contributed by atoms with Crippen LogP contribution in [-0.4, -0.2) is 23.4 Å². The number of ether oxygens (including phenoxy) is 2. The Balaban J connectivity index is 2.15. The van der Waals surface area contributed by atoms with Crippen LogP contribution in [0.25, 0.3) is 22.3 Å². The Morgan fingerprint density at radius 1 is 0.607 bits per heavy atom. The first kappa shape index (κ1) is 19.9. The quantitative estimate of drug-likeness (QED) is 0.543. The fourth-order valence-corrected chi connectivity index (χ4v) is 3.17. The van der Waals surface area contributed by atoms with Gasteiger partial charge in [-0.3, -0.25) is 0 Å². The molecule has 28 heavy (non-hydrogen) atoms. The van der Waals surface area contributed by atoms with Gasteiger partial charge in [0, 0.05) is 13.2 Å². The van der Waals surface area contributed by atoms with Gasteiger partial charge < -0.3 is 19.7 Å². The molecule has 4 heteroatoms. The predicted molar refractivity (Wildman–Crippen MR) is 111 cm³/mol. The van der Waals surface area contributed by atoms with Gasteiger partial charge in [-0.15, -0.1) is 0 Å². The number of aromatic hydroxyl groups is 2. The van der Waals surface area contributed by atoms with Crippen molar-refractivity contribution in [2.75, 3.05) is 13.2 Å². The molecule has 0 aliphatic carbocycles. The van der Waals surface area contributed by atoms with E-state index in [0.29, 0.717) is 26.4 Å². The molecule has 3 aromatic rings. The van der Waals surface area contributed by atoms with Crippen LogP contribution in [-0.2, 0) is 22.7 Å². The van der Waals surface area contributed by atoms with E-state index in [1.54, 1.807) is 24.3 Å². The van der Waals surface area contributed by atoms with Crippen molar-refractivity contribution >= 4 is 0 Å². The first-order chi connectivity index (χ1) is 13.6. The zero-order valence-electron chi connectivity index (χ0n) is 16.3. The van der Waals surface area contributed by atoms with Gasteiger partial charge in [-0.1, -0.05) is 24.3 Å². The fourth-order valence-electron chi connectivity index (χ4n) is 3.17. The van der Waals surface area contributed by atoms with Crippen LogP contribution in [0.3, 0.4) is 0 Å². The molecule has 0 aromatic heterocycles. The SMILES string of the molecule is CCOCc1cc(-c2ccc(O)cc2)c(COCC)cc1-c1ccc(O)cc1. The maximum Gasteiger partial charge on any atom is 0.115 e. The van der Waals surface area contributed by atoms with Crippen LogP contribution in [0.4, 0.5) is 0 Å². The molecule has 0 spiro atoms. The Hall–Kier alpha value is -2.82. The Bertz CT molecular complexity index is 822. The molecule has 0 aliphatic rings. The minimum atomic E-state index is 0.241. The Kier molecular flexibility index (Phi) is 6.69. The number of rotatable bonds is 8. The van der Waals surface area contributed by atoms with Gasteiger partial charge in [0.25, 0.3) is 0 Å². The summed E-state index contributed by atoms with van der Waals surface area (Å²) in [5.74, 6) is 0.482. The normalized spacial score (nSPS) is 10.9. The van der Waals surface area contributed by atoms with Crippen LogP contribution in [0.15, 0.2) is 60.7 Å². The molecular formula is C24H26O4. The zero-order chi connectivity index (χ0) is 19.9. The summed E-state index contributed by atoms with van der Waals surface area (Å²) in [4.78, 5) is 0. The summed E-state index contributed by atoms with van der Waals surface area (Å²) in [6.07, 6.45) is 0. The summed E-state index contributed by atoms with van der Waals surface area (Å²) in [6.45, 7) is 6.20. The third-order valence-electron chi connectivity index (χ3n) is 4.61. The highest BCUT2D eigenvalue weighted by Gasteiger charge is 2.14. The molecule has 0 atom stereocenters. The van der Waals surface area contributed by atoms with Gasteiger partial charge in [0.05, 0.1) is 13.2 Å². The smallest absolute Gasteiger partial charge is 0.115 e. The van der Waals surface area contributed by atoms with Gasteiger partial charge in [-0.25, -0.2) is 0 Å². The van der Waals surface area contributed by atoms with Crippen molar-refractivity contribution in [2.24, 2.45) is 0 Å². The van der Waals surface area contributed by atoms with Gasteiger partial charge in [-0.2, -0.15) is 0 Å². The highest BCUT2D eigenvalue weighted by atomic mass is 16.5. The maximum absolute atomic E-state index is 9.64. The molecule has 0 radical (unpaired) electrons. The van der Waals surface area contributed by atoms with Crippen LogP contribution in [0.2, 0.25) is 0 Å².